The third kappa shape index (κ3) is 3.52. The van der Waals surface area contributed by atoms with Crippen molar-refractivity contribution in [1.29, 1.82) is 0 Å². The second-order valence-corrected chi connectivity index (χ2v) is 11.7. The van der Waals surface area contributed by atoms with Crippen LogP contribution in [0.4, 0.5) is 0 Å². The summed E-state index contributed by atoms with van der Waals surface area (Å²) in [6, 6.07) is 5.60. The summed E-state index contributed by atoms with van der Waals surface area (Å²) >= 11 is 2.42. The van der Waals surface area contributed by atoms with Gasteiger partial charge in [-0.1, -0.05) is 6.07 Å². The minimum atomic E-state index is -3.51. The average Bonchev–Trinajstić information content (AvgIpc) is 2.45. The maximum atomic E-state index is 12.3. The van der Waals surface area contributed by atoms with Crippen LogP contribution in [0.2, 0.25) is 0 Å². The molecule has 0 saturated carbocycles. The molecule has 0 bridgehead atoms. The topological polar surface area (TPSA) is 68.3 Å². The fourth-order valence-corrected chi connectivity index (χ4v) is 6.12. The lowest BCUT2D eigenvalue weighted by Crippen LogP contribution is -2.17. The highest BCUT2D eigenvalue weighted by molar-refractivity contribution is 8.13. The number of hydrogen-bond donors (Lipinski definition) is 0. The second-order valence-electron chi connectivity index (χ2n) is 4.17. The molecule has 0 radical (unpaired) electrons. The standard InChI is InChI=1S/C12H18O4S4/c1-9(17-3)19(13,14)11-6-5-7-12(8-11)20(15,16)10(2)18-4/h5-10H,1-4H3. The van der Waals surface area contributed by atoms with Crippen LogP contribution in [0, 0.1) is 0 Å². The Balaban J connectivity index is 3.36. The van der Waals surface area contributed by atoms with E-state index in [0.29, 0.717) is 0 Å². The van der Waals surface area contributed by atoms with Crippen LogP contribution in [0.1, 0.15) is 13.8 Å². The van der Waals surface area contributed by atoms with Crippen molar-refractivity contribution in [3.63, 3.8) is 0 Å². The zero-order valence-corrected chi connectivity index (χ0v) is 15.0. The lowest BCUT2D eigenvalue weighted by atomic mass is 10.4. The molecule has 1 aromatic carbocycles. The van der Waals surface area contributed by atoms with Crippen LogP contribution in [0.3, 0.4) is 0 Å². The van der Waals surface area contributed by atoms with Crippen molar-refractivity contribution >= 4 is 43.2 Å². The van der Waals surface area contributed by atoms with Gasteiger partial charge in [-0.2, -0.15) is 0 Å². The SMILES string of the molecule is CSC(C)S(=O)(=O)c1cccc(S(=O)(=O)C(C)SC)c1. The molecule has 0 saturated heterocycles. The van der Waals surface area contributed by atoms with Gasteiger partial charge in [0.25, 0.3) is 0 Å². The summed E-state index contributed by atoms with van der Waals surface area (Å²) in [6.45, 7) is 3.18. The summed E-state index contributed by atoms with van der Waals surface area (Å²) in [7, 11) is -7.03. The van der Waals surface area contributed by atoms with E-state index < -0.39 is 28.8 Å². The van der Waals surface area contributed by atoms with E-state index in [4.69, 9.17) is 0 Å². The Morgan fingerprint density at radius 2 is 1.20 bits per heavy atom. The molecule has 0 aliphatic rings. The molecule has 4 nitrogen and oxygen atoms in total. The van der Waals surface area contributed by atoms with Crippen molar-refractivity contribution in [2.45, 2.75) is 32.8 Å². The molecule has 0 heterocycles. The first-order valence-electron chi connectivity index (χ1n) is 5.81. The summed E-state index contributed by atoms with van der Waals surface area (Å²) in [5.41, 5.74) is 0. The number of sulfone groups is 2. The van der Waals surface area contributed by atoms with Crippen LogP contribution in [0.15, 0.2) is 34.1 Å². The van der Waals surface area contributed by atoms with E-state index in [0.717, 1.165) is 0 Å². The van der Waals surface area contributed by atoms with E-state index >= 15 is 0 Å². The maximum absolute atomic E-state index is 12.3. The Morgan fingerprint density at radius 3 is 1.50 bits per heavy atom. The van der Waals surface area contributed by atoms with Crippen molar-refractivity contribution in [1.82, 2.24) is 0 Å². The highest BCUT2D eigenvalue weighted by atomic mass is 32.3. The third-order valence-corrected chi connectivity index (χ3v) is 10.6. The molecule has 0 fully saturated rings. The average molecular weight is 355 g/mol. The normalized spacial score (nSPS) is 15.8. The summed E-state index contributed by atoms with van der Waals surface area (Å²) in [4.78, 5) is 0.0995. The minimum absolute atomic E-state index is 0.0497. The smallest absolute Gasteiger partial charge is 0.190 e. The van der Waals surface area contributed by atoms with Crippen molar-refractivity contribution in [3.05, 3.63) is 24.3 Å². The molecule has 2 unspecified atom stereocenters. The fourth-order valence-electron chi connectivity index (χ4n) is 1.46. The third-order valence-electron chi connectivity index (χ3n) is 3.00. The van der Waals surface area contributed by atoms with Crippen molar-refractivity contribution in [2.24, 2.45) is 0 Å². The van der Waals surface area contributed by atoms with Gasteiger partial charge in [0, 0.05) is 0 Å². The first-order valence-corrected chi connectivity index (χ1v) is 11.5. The van der Waals surface area contributed by atoms with E-state index in [1.165, 1.54) is 47.8 Å². The highest BCUT2D eigenvalue weighted by Crippen LogP contribution is 2.27. The molecule has 20 heavy (non-hydrogen) atoms. The predicted octanol–water partition coefficient (Wildman–Crippen LogP) is 2.65. The van der Waals surface area contributed by atoms with Crippen LogP contribution in [0.25, 0.3) is 0 Å². The molecular formula is C12H18O4S4. The van der Waals surface area contributed by atoms with E-state index in [1.807, 2.05) is 0 Å². The number of thioether (sulfide) groups is 2. The van der Waals surface area contributed by atoms with Gasteiger partial charge >= 0.3 is 0 Å². The van der Waals surface area contributed by atoms with Gasteiger partial charge in [0.2, 0.25) is 0 Å². The van der Waals surface area contributed by atoms with E-state index in [9.17, 15) is 16.8 Å². The molecule has 114 valence electrons. The first-order chi connectivity index (χ1) is 9.17. The summed E-state index contributed by atoms with van der Waals surface area (Å²) < 4.78 is 47.8. The van der Waals surface area contributed by atoms with Crippen LogP contribution < -0.4 is 0 Å². The molecule has 1 rings (SSSR count). The Morgan fingerprint density at radius 1 is 0.850 bits per heavy atom. The van der Waals surface area contributed by atoms with E-state index in [2.05, 4.69) is 0 Å². The molecule has 0 aliphatic carbocycles. The molecule has 0 spiro atoms. The Hall–Kier alpha value is -0.180. The molecule has 0 N–H and O–H groups in total. The predicted molar refractivity (Wildman–Crippen MR) is 86.8 cm³/mol. The molecule has 1 aromatic rings. The largest absolute Gasteiger partial charge is 0.223 e. The zero-order chi connectivity index (χ0) is 15.6. The van der Waals surface area contributed by atoms with Gasteiger partial charge in [-0.3, -0.25) is 0 Å². The van der Waals surface area contributed by atoms with E-state index in [1.54, 1.807) is 26.4 Å². The molecule has 0 aromatic heterocycles. The first kappa shape index (κ1) is 17.9. The maximum Gasteiger partial charge on any atom is 0.190 e. The van der Waals surface area contributed by atoms with Gasteiger partial charge in [-0.05, 0) is 44.6 Å². The van der Waals surface area contributed by atoms with Gasteiger partial charge in [0.15, 0.2) is 19.7 Å². The van der Waals surface area contributed by atoms with Crippen LogP contribution in [0.5, 0.6) is 0 Å². The van der Waals surface area contributed by atoms with E-state index in [-0.39, 0.29) is 9.79 Å². The molecule has 0 aliphatic heterocycles. The zero-order valence-electron chi connectivity index (χ0n) is 11.7. The highest BCUT2D eigenvalue weighted by Gasteiger charge is 2.27. The second kappa shape index (κ2) is 6.72. The Bertz CT molecular complexity index is 609. The van der Waals surface area contributed by atoms with Gasteiger partial charge in [-0.25, -0.2) is 16.8 Å². The van der Waals surface area contributed by atoms with Crippen LogP contribution >= 0.6 is 23.5 Å². The van der Waals surface area contributed by atoms with Gasteiger partial charge in [0.1, 0.15) is 9.16 Å². The van der Waals surface area contributed by atoms with Gasteiger partial charge in [0.05, 0.1) is 9.79 Å². The van der Waals surface area contributed by atoms with Gasteiger partial charge < -0.3 is 0 Å². The molecule has 0 amide bonds. The minimum Gasteiger partial charge on any atom is -0.223 e. The van der Waals surface area contributed by atoms with Crippen molar-refractivity contribution in [3.8, 4) is 0 Å². The number of benzene rings is 1. The number of rotatable bonds is 6. The van der Waals surface area contributed by atoms with Crippen LogP contribution in [-0.4, -0.2) is 38.5 Å². The quantitative estimate of drug-likeness (QED) is 0.782. The Kier molecular flexibility index (Phi) is 6.01. The monoisotopic (exact) mass is 354 g/mol. The van der Waals surface area contributed by atoms with Crippen LogP contribution in [-0.2, 0) is 19.7 Å². The molecule has 8 heteroatoms. The molecular weight excluding hydrogens is 336 g/mol. The number of hydrogen-bond acceptors (Lipinski definition) is 6. The van der Waals surface area contributed by atoms with Gasteiger partial charge in [-0.15, -0.1) is 23.5 Å². The summed E-state index contributed by atoms with van der Waals surface area (Å²) in [6.07, 6.45) is 3.41. The molecule has 2 atom stereocenters. The fraction of sp³-hybridized carbons (Fsp3) is 0.500. The summed E-state index contributed by atoms with van der Waals surface area (Å²) in [5, 5.41) is 0. The Labute approximate surface area is 129 Å². The lowest BCUT2D eigenvalue weighted by molar-refractivity contribution is 0.593. The van der Waals surface area contributed by atoms with Crippen molar-refractivity contribution in [2.75, 3.05) is 12.5 Å². The lowest BCUT2D eigenvalue weighted by Gasteiger charge is -2.13. The summed E-state index contributed by atoms with van der Waals surface area (Å²) in [5.74, 6) is 0. The van der Waals surface area contributed by atoms with Crippen molar-refractivity contribution < 1.29 is 16.8 Å².